The van der Waals surface area contributed by atoms with E-state index in [1.54, 1.807) is 34.7 Å². The number of amides is 2. The number of carbonyl (C=O) groups is 2. The van der Waals surface area contributed by atoms with Crippen LogP contribution >= 0.6 is 11.8 Å². The van der Waals surface area contributed by atoms with Crippen molar-refractivity contribution in [3.05, 3.63) is 88.5 Å². The third kappa shape index (κ3) is 6.01. The zero-order chi connectivity index (χ0) is 34.5. The molecule has 6 rings (SSSR count). The molecule has 0 saturated carbocycles. The summed E-state index contributed by atoms with van der Waals surface area (Å²) in [7, 11) is 1.78. The maximum atomic E-state index is 13.8. The Hall–Kier alpha value is -5.18. The maximum absolute atomic E-state index is 13.8. The summed E-state index contributed by atoms with van der Waals surface area (Å²) in [6, 6.07) is 18.3. The fourth-order valence-corrected chi connectivity index (χ4v) is 6.18. The number of ether oxygens (including phenoxy) is 1. The van der Waals surface area contributed by atoms with Crippen LogP contribution in [-0.4, -0.2) is 48.2 Å². The standard InChI is InChI=1S/C36H35ClN6O5/c1-20-13-30-29(18-42(20)35(46)48-36(3,4)5)39-32(41(30)6)34(45)43(37)25-10-7-9-23(16-25)26-11-8-12-27(21(26)2)33-40-28-15-22(19-44)14-24(17-38)31(28)47-33/h7-12,14-16,20,44H,13,18-19H2,1-6H3. The Morgan fingerprint density at radius 2 is 1.88 bits per heavy atom. The Morgan fingerprint density at radius 3 is 2.58 bits per heavy atom. The number of fused-ring (bicyclic) bond motifs is 2. The predicted molar refractivity (Wildman–Crippen MR) is 181 cm³/mol. The molecule has 5 aromatic rings. The van der Waals surface area contributed by atoms with Crippen LogP contribution in [0.1, 0.15) is 66.4 Å². The van der Waals surface area contributed by atoms with E-state index >= 15 is 0 Å². The van der Waals surface area contributed by atoms with Crippen LogP contribution in [0.25, 0.3) is 33.7 Å². The van der Waals surface area contributed by atoms with Crippen LogP contribution < -0.4 is 4.42 Å². The molecule has 2 amide bonds. The molecule has 0 radical (unpaired) electrons. The zero-order valence-electron chi connectivity index (χ0n) is 27.5. The molecule has 1 unspecified atom stereocenters. The van der Waals surface area contributed by atoms with Crippen molar-refractivity contribution in [3.63, 3.8) is 0 Å². The molecule has 3 aromatic carbocycles. The monoisotopic (exact) mass is 666 g/mol. The molecule has 246 valence electrons. The Bertz CT molecular complexity index is 2120. The van der Waals surface area contributed by atoms with E-state index in [1.165, 1.54) is 0 Å². The van der Waals surface area contributed by atoms with Gasteiger partial charge in [0.05, 0.1) is 30.1 Å². The molecule has 0 saturated heterocycles. The smallest absolute Gasteiger partial charge is 0.410 e. The summed E-state index contributed by atoms with van der Waals surface area (Å²) >= 11 is 6.71. The molecule has 1 N–H and O–H groups in total. The van der Waals surface area contributed by atoms with E-state index in [1.807, 2.05) is 71.0 Å². The van der Waals surface area contributed by atoms with Gasteiger partial charge in [-0.15, -0.1) is 0 Å². The average molecular weight is 667 g/mol. The van der Waals surface area contributed by atoms with Crippen LogP contribution in [0.4, 0.5) is 10.5 Å². The first-order chi connectivity index (χ1) is 22.8. The van der Waals surface area contributed by atoms with Crippen molar-refractivity contribution in [2.24, 2.45) is 7.05 Å². The van der Waals surface area contributed by atoms with Gasteiger partial charge in [-0.25, -0.2) is 19.2 Å². The molecule has 48 heavy (non-hydrogen) atoms. The van der Waals surface area contributed by atoms with Crippen LogP contribution in [0.15, 0.2) is 59.0 Å². The molecule has 3 heterocycles. The van der Waals surface area contributed by atoms with Gasteiger partial charge in [-0.05, 0) is 87.2 Å². The fraction of sp³-hybridized carbons (Fsp3) is 0.306. The van der Waals surface area contributed by atoms with Gasteiger partial charge in [-0.1, -0.05) is 24.3 Å². The van der Waals surface area contributed by atoms with E-state index < -0.39 is 17.6 Å². The molecule has 1 aliphatic heterocycles. The number of nitriles is 1. The highest BCUT2D eigenvalue weighted by Crippen LogP contribution is 2.36. The number of anilines is 1. The molecule has 2 aromatic heterocycles. The number of imidazole rings is 1. The van der Waals surface area contributed by atoms with Crippen molar-refractivity contribution < 1.29 is 23.8 Å². The minimum atomic E-state index is -0.632. The highest BCUT2D eigenvalue weighted by atomic mass is 35.5. The number of halogens is 1. The number of rotatable bonds is 5. The first-order valence-electron chi connectivity index (χ1n) is 15.5. The van der Waals surface area contributed by atoms with E-state index in [2.05, 4.69) is 16.0 Å². The SMILES string of the molecule is Cc1c(-c2cccc(N(Cl)C(=O)c3nc4c(n3C)CC(C)N(C(=O)OC(C)(C)C)C4)c2)cccc1-c1nc2cc(CO)cc(C#N)c2o1. The topological polar surface area (TPSA) is 138 Å². The van der Waals surface area contributed by atoms with Crippen molar-refractivity contribution in [1.82, 2.24) is 19.4 Å². The molecule has 11 nitrogen and oxygen atoms in total. The average Bonchev–Trinajstić information content (AvgIpc) is 3.63. The third-order valence-electron chi connectivity index (χ3n) is 8.44. The lowest BCUT2D eigenvalue weighted by atomic mass is 9.96. The van der Waals surface area contributed by atoms with Gasteiger partial charge in [0.2, 0.25) is 11.7 Å². The van der Waals surface area contributed by atoms with Gasteiger partial charge in [0.1, 0.15) is 17.2 Å². The van der Waals surface area contributed by atoms with Crippen LogP contribution in [0, 0.1) is 18.3 Å². The van der Waals surface area contributed by atoms with Crippen LogP contribution in [0.3, 0.4) is 0 Å². The number of carbonyl (C=O) groups excluding carboxylic acids is 2. The second-order valence-corrected chi connectivity index (χ2v) is 13.3. The summed E-state index contributed by atoms with van der Waals surface area (Å²) in [6.45, 7) is 9.36. The van der Waals surface area contributed by atoms with Crippen molar-refractivity contribution in [2.45, 2.75) is 65.8 Å². The maximum Gasteiger partial charge on any atom is 0.410 e. The molecule has 1 atom stereocenters. The number of aliphatic hydroxyl groups is 1. The van der Waals surface area contributed by atoms with Gasteiger partial charge in [0.15, 0.2) is 5.58 Å². The van der Waals surface area contributed by atoms with E-state index in [-0.39, 0.29) is 25.0 Å². The highest BCUT2D eigenvalue weighted by Gasteiger charge is 2.35. The number of aliphatic hydroxyl groups excluding tert-OH is 1. The number of aromatic nitrogens is 3. The van der Waals surface area contributed by atoms with Crippen molar-refractivity contribution in [3.8, 4) is 28.7 Å². The minimum absolute atomic E-state index is 0.144. The quantitative estimate of drug-likeness (QED) is 0.197. The van der Waals surface area contributed by atoms with Crippen LogP contribution in [-0.2, 0) is 31.4 Å². The Morgan fingerprint density at radius 1 is 1.15 bits per heavy atom. The molecule has 0 bridgehead atoms. The minimum Gasteiger partial charge on any atom is -0.444 e. The van der Waals surface area contributed by atoms with Gasteiger partial charge in [-0.3, -0.25) is 9.69 Å². The summed E-state index contributed by atoms with van der Waals surface area (Å²) in [5, 5.41) is 19.2. The Kier molecular flexibility index (Phi) is 8.49. The number of oxazole rings is 1. The Balaban J connectivity index is 1.28. The first kappa shape index (κ1) is 32.7. The van der Waals surface area contributed by atoms with E-state index in [4.69, 9.17) is 20.9 Å². The molecule has 0 spiro atoms. The summed E-state index contributed by atoms with van der Waals surface area (Å²) in [5.41, 5.74) is 6.31. The molecule has 0 fully saturated rings. The van der Waals surface area contributed by atoms with E-state index in [0.29, 0.717) is 45.9 Å². The summed E-state index contributed by atoms with van der Waals surface area (Å²) < 4.78 is 14.4. The van der Waals surface area contributed by atoms with Crippen molar-refractivity contribution in [1.29, 1.82) is 5.26 Å². The normalized spacial score (nSPS) is 14.5. The summed E-state index contributed by atoms with van der Waals surface area (Å²) in [6.07, 6.45) is 0.0902. The third-order valence-corrected chi connectivity index (χ3v) is 8.78. The van der Waals surface area contributed by atoms with E-state index in [9.17, 15) is 20.0 Å². The molecular weight excluding hydrogens is 632 g/mol. The molecule has 0 aliphatic carbocycles. The molecular formula is C36H35ClN6O5. The second-order valence-electron chi connectivity index (χ2n) is 12.9. The van der Waals surface area contributed by atoms with Gasteiger partial charge in [0.25, 0.3) is 0 Å². The number of hydrogen-bond acceptors (Lipinski definition) is 8. The number of benzene rings is 3. The number of nitrogens with zero attached hydrogens (tertiary/aromatic N) is 6. The number of hydrogen-bond donors (Lipinski definition) is 1. The van der Waals surface area contributed by atoms with Crippen LogP contribution in [0.5, 0.6) is 0 Å². The molecule has 1 aliphatic rings. The van der Waals surface area contributed by atoms with Crippen LogP contribution in [0.2, 0.25) is 0 Å². The van der Waals surface area contributed by atoms with Gasteiger partial charge < -0.3 is 18.8 Å². The van der Waals surface area contributed by atoms with E-state index in [0.717, 1.165) is 32.4 Å². The van der Waals surface area contributed by atoms with Gasteiger partial charge in [-0.2, -0.15) is 5.26 Å². The zero-order valence-corrected chi connectivity index (χ0v) is 28.3. The largest absolute Gasteiger partial charge is 0.444 e. The van der Waals surface area contributed by atoms with Crippen molar-refractivity contribution >= 4 is 40.6 Å². The highest BCUT2D eigenvalue weighted by molar-refractivity contribution is 6.38. The van der Waals surface area contributed by atoms with Gasteiger partial charge >= 0.3 is 12.0 Å². The second kappa shape index (κ2) is 12.4. The summed E-state index contributed by atoms with van der Waals surface area (Å²) in [5.74, 6) is 0.00287. The summed E-state index contributed by atoms with van der Waals surface area (Å²) in [4.78, 5) is 37.5. The lowest BCUT2D eigenvalue weighted by Gasteiger charge is -2.34. The first-order valence-corrected chi connectivity index (χ1v) is 15.8. The lowest BCUT2D eigenvalue weighted by molar-refractivity contribution is 0.0133. The molecule has 12 heteroatoms. The van der Waals surface area contributed by atoms with Crippen molar-refractivity contribution in [2.75, 3.05) is 4.42 Å². The fourth-order valence-electron chi connectivity index (χ4n) is 5.99. The van der Waals surface area contributed by atoms with Gasteiger partial charge in [0, 0.05) is 42.5 Å². The predicted octanol–water partition coefficient (Wildman–Crippen LogP) is 7.05. The Labute approximate surface area is 283 Å². The lowest BCUT2D eigenvalue weighted by Crippen LogP contribution is -2.45.